The zero-order chi connectivity index (χ0) is 14.3. The predicted molar refractivity (Wildman–Crippen MR) is 80.2 cm³/mol. The summed E-state index contributed by atoms with van der Waals surface area (Å²) in [5.41, 5.74) is 0. The van der Waals surface area contributed by atoms with Gasteiger partial charge in [-0.1, -0.05) is 13.8 Å². The van der Waals surface area contributed by atoms with E-state index in [0.29, 0.717) is 18.5 Å². The summed E-state index contributed by atoms with van der Waals surface area (Å²) in [6.07, 6.45) is 4.72. The van der Waals surface area contributed by atoms with E-state index < -0.39 is 0 Å². The number of hydrogen-bond donors (Lipinski definition) is 1. The summed E-state index contributed by atoms with van der Waals surface area (Å²) in [6, 6.07) is 0.406. The molecule has 4 nitrogen and oxygen atoms in total. The molecule has 19 heavy (non-hydrogen) atoms. The molecule has 0 aromatic rings. The quantitative estimate of drug-likeness (QED) is 0.762. The fourth-order valence-corrected chi connectivity index (χ4v) is 2.72. The van der Waals surface area contributed by atoms with Crippen LogP contribution >= 0.6 is 0 Å². The summed E-state index contributed by atoms with van der Waals surface area (Å²) in [6.45, 7) is 7.84. The van der Waals surface area contributed by atoms with Crippen molar-refractivity contribution in [2.75, 3.05) is 40.3 Å². The molecule has 1 unspecified atom stereocenters. The lowest BCUT2D eigenvalue weighted by molar-refractivity contribution is -0.131. The topological polar surface area (TPSA) is 35.6 Å². The van der Waals surface area contributed by atoms with Crippen LogP contribution in [0.5, 0.6) is 0 Å². The third-order valence-corrected chi connectivity index (χ3v) is 3.59. The molecular formula is C15H31N3O. The van der Waals surface area contributed by atoms with Crippen LogP contribution in [0.1, 0.15) is 39.5 Å². The molecule has 1 aliphatic heterocycles. The molecule has 112 valence electrons. The molecule has 1 atom stereocenters. The molecule has 0 aromatic carbocycles. The maximum atomic E-state index is 12.1. The van der Waals surface area contributed by atoms with Gasteiger partial charge >= 0.3 is 0 Å². The Morgan fingerprint density at radius 1 is 1.21 bits per heavy atom. The van der Waals surface area contributed by atoms with Crippen molar-refractivity contribution in [3.05, 3.63) is 0 Å². The van der Waals surface area contributed by atoms with Crippen molar-refractivity contribution in [2.45, 2.75) is 45.6 Å². The van der Waals surface area contributed by atoms with Gasteiger partial charge in [0, 0.05) is 25.7 Å². The highest BCUT2D eigenvalue weighted by Crippen LogP contribution is 2.09. The number of rotatable bonds is 7. The van der Waals surface area contributed by atoms with E-state index in [4.69, 9.17) is 0 Å². The lowest BCUT2D eigenvalue weighted by Crippen LogP contribution is -2.46. The van der Waals surface area contributed by atoms with Gasteiger partial charge in [0.1, 0.15) is 0 Å². The van der Waals surface area contributed by atoms with Gasteiger partial charge in [0.2, 0.25) is 5.91 Å². The second kappa shape index (κ2) is 8.54. The monoisotopic (exact) mass is 269 g/mol. The minimum Gasteiger partial charge on any atom is -0.342 e. The smallest absolute Gasteiger partial charge is 0.236 e. The Balaban J connectivity index is 2.34. The molecule has 1 saturated heterocycles. The highest BCUT2D eigenvalue weighted by molar-refractivity contribution is 5.78. The van der Waals surface area contributed by atoms with Crippen LogP contribution in [0.25, 0.3) is 0 Å². The first-order valence-electron chi connectivity index (χ1n) is 7.65. The van der Waals surface area contributed by atoms with E-state index in [2.05, 4.69) is 38.2 Å². The Labute approximate surface area is 118 Å². The molecule has 0 saturated carbocycles. The van der Waals surface area contributed by atoms with E-state index in [1.165, 1.54) is 19.3 Å². The van der Waals surface area contributed by atoms with Gasteiger partial charge in [-0.05, 0) is 45.7 Å². The molecule has 1 rings (SSSR count). The second-order valence-electron chi connectivity index (χ2n) is 6.41. The van der Waals surface area contributed by atoms with E-state index in [1.807, 2.05) is 4.90 Å². The summed E-state index contributed by atoms with van der Waals surface area (Å²) in [5.74, 6) is 0.926. The minimum absolute atomic E-state index is 0.271. The summed E-state index contributed by atoms with van der Waals surface area (Å²) in [4.78, 5) is 16.3. The Morgan fingerprint density at radius 3 is 2.37 bits per heavy atom. The van der Waals surface area contributed by atoms with Crippen LogP contribution in [0.4, 0.5) is 0 Å². The molecular weight excluding hydrogens is 238 g/mol. The van der Waals surface area contributed by atoms with Gasteiger partial charge in [-0.2, -0.15) is 0 Å². The SMILES string of the molecule is CC(C)CC(CN(C)C)NCC(=O)N1CCCCC1. The van der Waals surface area contributed by atoms with Crippen molar-refractivity contribution in [1.82, 2.24) is 15.1 Å². The molecule has 1 heterocycles. The summed E-state index contributed by atoms with van der Waals surface area (Å²) < 4.78 is 0. The predicted octanol–water partition coefficient (Wildman–Crippen LogP) is 1.56. The van der Waals surface area contributed by atoms with E-state index in [-0.39, 0.29) is 5.91 Å². The fourth-order valence-electron chi connectivity index (χ4n) is 2.72. The number of likely N-dealkylation sites (N-methyl/N-ethyl adjacent to an activating group) is 1. The Hall–Kier alpha value is -0.610. The van der Waals surface area contributed by atoms with Crippen LogP contribution in [-0.2, 0) is 4.79 Å². The van der Waals surface area contributed by atoms with Gasteiger partial charge in [-0.25, -0.2) is 0 Å². The van der Waals surface area contributed by atoms with Crippen molar-refractivity contribution >= 4 is 5.91 Å². The van der Waals surface area contributed by atoms with Crippen LogP contribution in [0.3, 0.4) is 0 Å². The standard InChI is InChI=1S/C15H31N3O/c1-13(2)10-14(12-17(3)4)16-11-15(19)18-8-6-5-7-9-18/h13-14,16H,5-12H2,1-4H3. The molecule has 1 fully saturated rings. The highest BCUT2D eigenvalue weighted by atomic mass is 16.2. The number of hydrogen-bond acceptors (Lipinski definition) is 3. The first-order chi connectivity index (χ1) is 8.99. The zero-order valence-corrected chi connectivity index (χ0v) is 13.1. The van der Waals surface area contributed by atoms with Crippen molar-refractivity contribution in [3.8, 4) is 0 Å². The van der Waals surface area contributed by atoms with Crippen molar-refractivity contribution in [1.29, 1.82) is 0 Å². The minimum atomic E-state index is 0.271. The number of likely N-dealkylation sites (tertiary alicyclic amines) is 1. The average Bonchev–Trinajstić information content (AvgIpc) is 2.35. The highest BCUT2D eigenvalue weighted by Gasteiger charge is 2.18. The fraction of sp³-hybridized carbons (Fsp3) is 0.933. The van der Waals surface area contributed by atoms with Crippen LogP contribution in [-0.4, -0.2) is 62.0 Å². The number of carbonyl (C=O) groups excluding carboxylic acids is 1. The van der Waals surface area contributed by atoms with Crippen LogP contribution in [0.2, 0.25) is 0 Å². The van der Waals surface area contributed by atoms with Gasteiger partial charge in [-0.3, -0.25) is 4.79 Å². The first-order valence-corrected chi connectivity index (χ1v) is 7.65. The zero-order valence-electron chi connectivity index (χ0n) is 13.1. The number of nitrogens with zero attached hydrogens (tertiary/aromatic N) is 2. The largest absolute Gasteiger partial charge is 0.342 e. The molecule has 0 aliphatic carbocycles. The lowest BCUT2D eigenvalue weighted by atomic mass is 10.0. The molecule has 0 spiro atoms. The average molecular weight is 269 g/mol. The Kier molecular flexibility index (Phi) is 7.39. The summed E-state index contributed by atoms with van der Waals surface area (Å²) in [7, 11) is 4.17. The van der Waals surface area contributed by atoms with Gasteiger partial charge < -0.3 is 15.1 Å². The maximum Gasteiger partial charge on any atom is 0.236 e. The van der Waals surface area contributed by atoms with Crippen LogP contribution in [0.15, 0.2) is 0 Å². The normalized spacial score (nSPS) is 18.1. The molecule has 1 aliphatic rings. The van der Waals surface area contributed by atoms with Crippen molar-refractivity contribution < 1.29 is 4.79 Å². The molecule has 0 radical (unpaired) electrons. The summed E-state index contributed by atoms with van der Waals surface area (Å²) in [5, 5.41) is 3.45. The third-order valence-electron chi connectivity index (χ3n) is 3.59. The van der Waals surface area contributed by atoms with Crippen LogP contribution in [0, 0.1) is 5.92 Å². The lowest BCUT2D eigenvalue weighted by Gasteiger charge is -2.29. The Morgan fingerprint density at radius 2 is 1.84 bits per heavy atom. The first kappa shape index (κ1) is 16.4. The second-order valence-corrected chi connectivity index (χ2v) is 6.41. The van der Waals surface area contributed by atoms with Crippen molar-refractivity contribution in [3.63, 3.8) is 0 Å². The van der Waals surface area contributed by atoms with Gasteiger partial charge in [0.05, 0.1) is 6.54 Å². The summed E-state index contributed by atoms with van der Waals surface area (Å²) >= 11 is 0. The number of carbonyl (C=O) groups is 1. The molecule has 0 aromatic heterocycles. The number of piperidine rings is 1. The Bertz CT molecular complexity index is 250. The third kappa shape index (κ3) is 6.92. The van der Waals surface area contributed by atoms with Gasteiger partial charge in [0.15, 0.2) is 0 Å². The molecule has 4 heteroatoms. The van der Waals surface area contributed by atoms with E-state index in [0.717, 1.165) is 26.1 Å². The molecule has 0 bridgehead atoms. The van der Waals surface area contributed by atoms with E-state index in [9.17, 15) is 4.79 Å². The van der Waals surface area contributed by atoms with Gasteiger partial charge in [0.25, 0.3) is 0 Å². The molecule has 1 N–H and O–H groups in total. The number of nitrogens with one attached hydrogen (secondary N) is 1. The van der Waals surface area contributed by atoms with Crippen LogP contribution < -0.4 is 5.32 Å². The van der Waals surface area contributed by atoms with E-state index in [1.54, 1.807) is 0 Å². The number of amides is 1. The maximum absolute atomic E-state index is 12.1. The van der Waals surface area contributed by atoms with Gasteiger partial charge in [-0.15, -0.1) is 0 Å². The van der Waals surface area contributed by atoms with E-state index >= 15 is 0 Å². The molecule has 1 amide bonds. The van der Waals surface area contributed by atoms with Crippen molar-refractivity contribution in [2.24, 2.45) is 5.92 Å².